The summed E-state index contributed by atoms with van der Waals surface area (Å²) in [5.41, 5.74) is 1.68. The summed E-state index contributed by atoms with van der Waals surface area (Å²) in [6.45, 7) is 0.268. The van der Waals surface area contributed by atoms with Gasteiger partial charge in [-0.15, -0.1) is 10.2 Å². The smallest absolute Gasteiger partial charge is 0.174 e. The van der Waals surface area contributed by atoms with Crippen molar-refractivity contribution in [3.8, 4) is 5.75 Å². The van der Waals surface area contributed by atoms with Gasteiger partial charge < -0.3 is 9.84 Å². The summed E-state index contributed by atoms with van der Waals surface area (Å²) in [5.74, 6) is 1.32. The van der Waals surface area contributed by atoms with Crippen molar-refractivity contribution in [2.24, 2.45) is 0 Å². The van der Waals surface area contributed by atoms with Gasteiger partial charge in [0.05, 0.1) is 6.10 Å². The molecule has 1 N–H and O–H groups in total. The number of fused-ring (bicyclic) bond motifs is 1. The normalized spacial score (nSPS) is 12.4. The molecule has 0 amide bonds. The van der Waals surface area contributed by atoms with Gasteiger partial charge in [0.15, 0.2) is 4.34 Å². The first-order valence-electron chi connectivity index (χ1n) is 6.50. The van der Waals surface area contributed by atoms with Gasteiger partial charge in [-0.2, -0.15) is 0 Å². The maximum atomic E-state index is 9.93. The number of benzene rings is 2. The van der Waals surface area contributed by atoms with Crippen molar-refractivity contribution in [3.63, 3.8) is 0 Å². The van der Waals surface area contributed by atoms with Gasteiger partial charge in [0, 0.05) is 5.75 Å². The molecular weight excluding hydrogens is 304 g/mol. The molecule has 1 aromatic heterocycles. The predicted octanol–water partition coefficient (Wildman–Crippen LogP) is 3.22. The lowest BCUT2D eigenvalue weighted by Gasteiger charge is -2.11. The number of rotatable bonds is 6. The minimum atomic E-state index is -0.537. The van der Waals surface area contributed by atoms with Gasteiger partial charge in [0.1, 0.15) is 17.9 Å². The highest BCUT2D eigenvalue weighted by atomic mass is 32.2. The second-order valence-corrected chi connectivity index (χ2v) is 6.59. The summed E-state index contributed by atoms with van der Waals surface area (Å²) in [7, 11) is 0. The Hall–Kier alpha value is -1.63. The minimum absolute atomic E-state index is 0.268. The summed E-state index contributed by atoms with van der Waals surface area (Å²) in [5, 5.41) is 19.9. The second-order valence-electron chi connectivity index (χ2n) is 4.49. The quantitative estimate of drug-likeness (QED) is 0.707. The van der Waals surface area contributed by atoms with E-state index in [1.807, 2.05) is 36.4 Å². The fourth-order valence-corrected chi connectivity index (χ4v) is 3.31. The molecular formula is C15H14N2O2S2. The molecule has 0 aliphatic rings. The molecule has 3 aromatic rings. The van der Waals surface area contributed by atoms with Crippen LogP contribution < -0.4 is 4.74 Å². The molecule has 2 aromatic carbocycles. The van der Waals surface area contributed by atoms with Crippen LogP contribution in [-0.2, 0) is 0 Å². The Labute approximate surface area is 130 Å². The predicted molar refractivity (Wildman–Crippen MR) is 86.1 cm³/mol. The van der Waals surface area contributed by atoms with Crippen molar-refractivity contribution in [3.05, 3.63) is 48.0 Å². The standard InChI is InChI=1S/C15H14N2O2S2/c18-13(9-20-15-17-16-10-21-15)8-19-14-6-5-11-3-1-2-4-12(11)7-14/h1-7,10,13,18H,8-9H2/t13-/m0/s1. The fraction of sp³-hybridized carbons (Fsp3) is 0.200. The number of ether oxygens (including phenoxy) is 1. The van der Waals surface area contributed by atoms with E-state index >= 15 is 0 Å². The molecule has 0 saturated carbocycles. The molecule has 0 fully saturated rings. The van der Waals surface area contributed by atoms with Gasteiger partial charge in [-0.05, 0) is 22.9 Å². The molecule has 108 valence electrons. The van der Waals surface area contributed by atoms with Crippen molar-refractivity contribution in [2.75, 3.05) is 12.4 Å². The minimum Gasteiger partial charge on any atom is -0.491 e. The summed E-state index contributed by atoms with van der Waals surface area (Å²) >= 11 is 2.96. The first-order chi connectivity index (χ1) is 10.3. The van der Waals surface area contributed by atoms with Crippen LogP contribution >= 0.6 is 23.1 Å². The van der Waals surface area contributed by atoms with Gasteiger partial charge >= 0.3 is 0 Å². The monoisotopic (exact) mass is 318 g/mol. The van der Waals surface area contributed by atoms with E-state index in [1.54, 1.807) is 5.51 Å². The third-order valence-corrected chi connectivity index (χ3v) is 4.91. The van der Waals surface area contributed by atoms with Crippen molar-refractivity contribution >= 4 is 33.9 Å². The Morgan fingerprint density at radius 3 is 2.86 bits per heavy atom. The highest BCUT2D eigenvalue weighted by molar-refractivity contribution is 8.01. The van der Waals surface area contributed by atoms with Gasteiger partial charge in [0.25, 0.3) is 0 Å². The van der Waals surface area contributed by atoms with E-state index in [4.69, 9.17) is 4.74 Å². The molecule has 1 heterocycles. The third-order valence-electron chi connectivity index (χ3n) is 2.90. The number of aliphatic hydroxyl groups is 1. The van der Waals surface area contributed by atoms with E-state index in [2.05, 4.69) is 16.3 Å². The topological polar surface area (TPSA) is 55.2 Å². The number of hydrogen-bond acceptors (Lipinski definition) is 6. The van der Waals surface area contributed by atoms with Gasteiger partial charge in [-0.1, -0.05) is 53.4 Å². The molecule has 4 nitrogen and oxygen atoms in total. The van der Waals surface area contributed by atoms with E-state index < -0.39 is 6.10 Å². The zero-order valence-electron chi connectivity index (χ0n) is 11.2. The van der Waals surface area contributed by atoms with Crippen LogP contribution in [0.25, 0.3) is 10.8 Å². The van der Waals surface area contributed by atoms with Crippen molar-refractivity contribution in [1.82, 2.24) is 10.2 Å². The van der Waals surface area contributed by atoms with Crippen LogP contribution in [0.2, 0.25) is 0 Å². The molecule has 1 atom stereocenters. The Morgan fingerprint density at radius 2 is 2.05 bits per heavy atom. The van der Waals surface area contributed by atoms with Crippen LogP contribution in [0.4, 0.5) is 0 Å². The Balaban J connectivity index is 1.53. The first-order valence-corrected chi connectivity index (χ1v) is 8.36. The first kappa shape index (κ1) is 14.3. The SMILES string of the molecule is O[C@@H](COc1ccc2ccccc2c1)CSc1nncs1. The summed E-state index contributed by atoms with van der Waals surface area (Å²) < 4.78 is 6.51. The molecule has 0 unspecified atom stereocenters. The van der Waals surface area contributed by atoms with Crippen LogP contribution in [0, 0.1) is 0 Å². The average molecular weight is 318 g/mol. The Morgan fingerprint density at radius 1 is 1.19 bits per heavy atom. The van der Waals surface area contributed by atoms with E-state index in [1.165, 1.54) is 28.5 Å². The van der Waals surface area contributed by atoms with Gasteiger partial charge in [-0.25, -0.2) is 0 Å². The highest BCUT2D eigenvalue weighted by Gasteiger charge is 2.08. The van der Waals surface area contributed by atoms with Gasteiger partial charge in [-0.3, -0.25) is 0 Å². The highest BCUT2D eigenvalue weighted by Crippen LogP contribution is 2.22. The summed E-state index contributed by atoms with van der Waals surface area (Å²) in [6.07, 6.45) is -0.537. The van der Waals surface area contributed by atoms with Crippen LogP contribution in [0.1, 0.15) is 0 Å². The number of aromatic nitrogens is 2. The number of nitrogens with zero attached hydrogens (tertiary/aromatic N) is 2. The average Bonchev–Trinajstić information content (AvgIpc) is 3.04. The zero-order chi connectivity index (χ0) is 14.5. The lowest BCUT2D eigenvalue weighted by Crippen LogP contribution is -2.20. The van der Waals surface area contributed by atoms with Crippen LogP contribution in [-0.4, -0.2) is 33.8 Å². The van der Waals surface area contributed by atoms with E-state index in [0.29, 0.717) is 5.75 Å². The Bertz CT molecular complexity index is 704. The summed E-state index contributed by atoms with van der Waals surface area (Å²) in [6, 6.07) is 14.0. The van der Waals surface area contributed by atoms with E-state index in [-0.39, 0.29) is 6.61 Å². The number of aliphatic hydroxyl groups excluding tert-OH is 1. The lowest BCUT2D eigenvalue weighted by molar-refractivity contribution is 0.126. The molecule has 0 spiro atoms. The molecule has 0 aliphatic carbocycles. The van der Waals surface area contributed by atoms with E-state index in [9.17, 15) is 5.11 Å². The van der Waals surface area contributed by atoms with Crippen LogP contribution in [0.5, 0.6) is 5.75 Å². The molecule has 0 aliphatic heterocycles. The second kappa shape index (κ2) is 6.89. The van der Waals surface area contributed by atoms with Crippen LogP contribution in [0.15, 0.2) is 52.3 Å². The molecule has 0 saturated heterocycles. The maximum absolute atomic E-state index is 9.93. The fourth-order valence-electron chi connectivity index (χ4n) is 1.89. The number of thioether (sulfide) groups is 1. The zero-order valence-corrected chi connectivity index (χ0v) is 12.8. The molecule has 6 heteroatoms. The molecule has 0 radical (unpaired) electrons. The molecule has 0 bridgehead atoms. The van der Waals surface area contributed by atoms with Gasteiger partial charge in [0.2, 0.25) is 0 Å². The van der Waals surface area contributed by atoms with Crippen molar-refractivity contribution < 1.29 is 9.84 Å². The Kier molecular flexibility index (Phi) is 4.69. The number of hydrogen-bond donors (Lipinski definition) is 1. The third kappa shape index (κ3) is 3.93. The van der Waals surface area contributed by atoms with Crippen molar-refractivity contribution in [1.29, 1.82) is 0 Å². The van der Waals surface area contributed by atoms with Crippen molar-refractivity contribution in [2.45, 2.75) is 10.4 Å². The van der Waals surface area contributed by atoms with Crippen LogP contribution in [0.3, 0.4) is 0 Å². The maximum Gasteiger partial charge on any atom is 0.174 e. The largest absolute Gasteiger partial charge is 0.491 e. The summed E-state index contributed by atoms with van der Waals surface area (Å²) in [4.78, 5) is 0. The molecule has 21 heavy (non-hydrogen) atoms. The lowest BCUT2D eigenvalue weighted by atomic mass is 10.1. The molecule has 3 rings (SSSR count). The van der Waals surface area contributed by atoms with E-state index in [0.717, 1.165) is 15.5 Å².